The zero-order valence-electron chi connectivity index (χ0n) is 13.6. The van der Waals surface area contributed by atoms with Gasteiger partial charge in [0.25, 0.3) is 0 Å². The molecule has 0 bridgehead atoms. The Balaban J connectivity index is 4.89. The Hall–Kier alpha value is -0.130. The van der Waals surface area contributed by atoms with Crippen LogP contribution in [-0.4, -0.2) is 44.8 Å². The summed E-state index contributed by atoms with van der Waals surface area (Å²) in [5, 5.41) is 0. The molecule has 19 heavy (non-hydrogen) atoms. The fourth-order valence-electron chi connectivity index (χ4n) is 1.97. The van der Waals surface area contributed by atoms with Crippen molar-refractivity contribution in [3.63, 3.8) is 0 Å². The molecule has 0 aromatic rings. The molecule has 0 saturated heterocycles. The molecule has 0 aliphatic carbocycles. The van der Waals surface area contributed by atoms with Gasteiger partial charge in [-0.2, -0.15) is 0 Å². The van der Waals surface area contributed by atoms with Crippen LogP contribution in [0.2, 0.25) is 0 Å². The molecule has 0 spiro atoms. The highest BCUT2D eigenvalue weighted by Crippen LogP contribution is 2.31. The quantitative estimate of drug-likeness (QED) is 0.656. The van der Waals surface area contributed by atoms with E-state index in [-0.39, 0.29) is 17.6 Å². The van der Waals surface area contributed by atoms with E-state index >= 15 is 0 Å². The summed E-state index contributed by atoms with van der Waals surface area (Å²) < 4.78 is 30.5. The van der Waals surface area contributed by atoms with E-state index in [0.29, 0.717) is 6.54 Å². The van der Waals surface area contributed by atoms with Gasteiger partial charge >= 0.3 is 0 Å². The highest BCUT2D eigenvalue weighted by molar-refractivity contribution is 7.88. The Morgan fingerprint density at radius 1 is 1.26 bits per heavy atom. The number of nitrogens with zero attached hydrogens (tertiary/aromatic N) is 1. The molecule has 0 fully saturated rings. The Morgan fingerprint density at radius 2 is 1.79 bits per heavy atom. The summed E-state index contributed by atoms with van der Waals surface area (Å²) in [6.45, 7) is 10.9. The van der Waals surface area contributed by atoms with Gasteiger partial charge in [0.1, 0.15) is 0 Å². The van der Waals surface area contributed by atoms with Gasteiger partial charge in [-0.3, -0.25) is 0 Å². The standard InChI is InChI=1S/C14H31NO3S/c1-8-9-10-14(4,5)13(18-12(2)3)11-15(6)19(7,16)17/h12-13H,8-11H2,1-7H3. The van der Waals surface area contributed by atoms with Crippen LogP contribution in [-0.2, 0) is 14.8 Å². The Bertz CT molecular complexity index is 350. The monoisotopic (exact) mass is 293 g/mol. The van der Waals surface area contributed by atoms with Crippen molar-refractivity contribution in [2.45, 2.75) is 66.1 Å². The van der Waals surface area contributed by atoms with Crippen molar-refractivity contribution in [3.05, 3.63) is 0 Å². The second-order valence-electron chi connectivity index (χ2n) is 6.31. The van der Waals surface area contributed by atoms with Crippen molar-refractivity contribution >= 4 is 10.0 Å². The van der Waals surface area contributed by atoms with Gasteiger partial charge in [-0.25, -0.2) is 12.7 Å². The molecule has 0 saturated carbocycles. The molecule has 116 valence electrons. The summed E-state index contributed by atoms with van der Waals surface area (Å²) in [6.07, 6.45) is 4.56. The first-order valence-corrected chi connectivity index (χ1v) is 8.92. The number of hydrogen-bond acceptors (Lipinski definition) is 3. The molecule has 0 amide bonds. The zero-order chi connectivity index (χ0) is 15.3. The average Bonchev–Trinajstić information content (AvgIpc) is 2.23. The molecule has 0 heterocycles. The molecule has 5 heteroatoms. The molecule has 0 radical (unpaired) electrons. The van der Waals surface area contributed by atoms with Crippen molar-refractivity contribution in [2.75, 3.05) is 19.8 Å². The number of hydrogen-bond donors (Lipinski definition) is 0. The molecule has 0 aliphatic heterocycles. The normalized spacial score (nSPS) is 15.2. The van der Waals surface area contributed by atoms with Gasteiger partial charge in [-0.15, -0.1) is 0 Å². The van der Waals surface area contributed by atoms with Crippen molar-refractivity contribution in [1.29, 1.82) is 0 Å². The lowest BCUT2D eigenvalue weighted by atomic mass is 9.81. The summed E-state index contributed by atoms with van der Waals surface area (Å²) in [5.41, 5.74) is -0.0285. The van der Waals surface area contributed by atoms with Crippen LogP contribution >= 0.6 is 0 Å². The number of rotatable bonds is 9. The van der Waals surface area contributed by atoms with Crippen LogP contribution in [0.15, 0.2) is 0 Å². The molecular formula is C14H31NO3S. The van der Waals surface area contributed by atoms with E-state index in [1.54, 1.807) is 7.05 Å². The summed E-state index contributed by atoms with van der Waals surface area (Å²) in [6, 6.07) is 0. The van der Waals surface area contributed by atoms with Crippen molar-refractivity contribution in [2.24, 2.45) is 5.41 Å². The lowest BCUT2D eigenvalue weighted by molar-refractivity contribution is -0.0668. The van der Waals surface area contributed by atoms with E-state index in [0.717, 1.165) is 19.3 Å². The van der Waals surface area contributed by atoms with Gasteiger partial charge in [0.05, 0.1) is 18.5 Å². The van der Waals surface area contributed by atoms with Crippen LogP contribution in [0.5, 0.6) is 0 Å². The van der Waals surface area contributed by atoms with Crippen molar-refractivity contribution < 1.29 is 13.2 Å². The number of sulfonamides is 1. The van der Waals surface area contributed by atoms with Crippen LogP contribution in [0.3, 0.4) is 0 Å². The highest BCUT2D eigenvalue weighted by Gasteiger charge is 2.33. The maximum absolute atomic E-state index is 11.6. The number of unbranched alkanes of at least 4 members (excludes halogenated alkanes) is 1. The molecule has 0 aliphatic rings. The predicted octanol–water partition coefficient (Wildman–Crippen LogP) is 2.89. The summed E-state index contributed by atoms with van der Waals surface area (Å²) in [5.74, 6) is 0. The summed E-state index contributed by atoms with van der Waals surface area (Å²) >= 11 is 0. The Kier molecular flexibility index (Phi) is 7.55. The Labute approximate surface area is 119 Å². The fraction of sp³-hybridized carbons (Fsp3) is 1.00. The lowest BCUT2D eigenvalue weighted by Gasteiger charge is -2.37. The first kappa shape index (κ1) is 18.9. The van der Waals surface area contributed by atoms with Crippen LogP contribution in [0, 0.1) is 5.41 Å². The SMILES string of the molecule is CCCCC(C)(C)C(CN(C)S(C)(=O)=O)OC(C)C. The van der Waals surface area contributed by atoms with Gasteiger partial charge in [0, 0.05) is 13.6 Å². The minimum atomic E-state index is -3.16. The first-order valence-electron chi connectivity index (χ1n) is 7.07. The second kappa shape index (κ2) is 7.60. The molecule has 4 nitrogen and oxygen atoms in total. The topological polar surface area (TPSA) is 46.6 Å². The lowest BCUT2D eigenvalue weighted by Crippen LogP contribution is -2.44. The second-order valence-corrected chi connectivity index (χ2v) is 8.40. The maximum Gasteiger partial charge on any atom is 0.211 e. The Morgan fingerprint density at radius 3 is 2.16 bits per heavy atom. The fourth-order valence-corrected chi connectivity index (χ4v) is 2.37. The van der Waals surface area contributed by atoms with Crippen LogP contribution in [0.25, 0.3) is 0 Å². The van der Waals surface area contributed by atoms with Gasteiger partial charge in [0.2, 0.25) is 10.0 Å². The number of likely N-dealkylation sites (N-methyl/N-ethyl adjacent to an activating group) is 1. The van der Waals surface area contributed by atoms with Crippen molar-refractivity contribution in [1.82, 2.24) is 4.31 Å². The third-order valence-electron chi connectivity index (χ3n) is 3.47. The molecule has 1 unspecified atom stereocenters. The predicted molar refractivity (Wildman–Crippen MR) is 80.8 cm³/mol. The number of ether oxygens (including phenoxy) is 1. The molecule has 0 aromatic carbocycles. The van der Waals surface area contributed by atoms with Gasteiger partial charge in [-0.05, 0) is 25.7 Å². The molecule has 0 N–H and O–H groups in total. The average molecular weight is 293 g/mol. The van der Waals surface area contributed by atoms with Gasteiger partial charge in [-0.1, -0.05) is 33.6 Å². The van der Waals surface area contributed by atoms with Crippen LogP contribution in [0.4, 0.5) is 0 Å². The highest BCUT2D eigenvalue weighted by atomic mass is 32.2. The van der Waals surface area contributed by atoms with E-state index < -0.39 is 10.0 Å². The summed E-state index contributed by atoms with van der Waals surface area (Å²) in [7, 11) is -1.55. The minimum absolute atomic E-state index is 0.0285. The molecule has 0 rings (SSSR count). The van der Waals surface area contributed by atoms with Crippen LogP contribution in [0.1, 0.15) is 53.9 Å². The largest absolute Gasteiger partial charge is 0.374 e. The van der Waals surface area contributed by atoms with Gasteiger partial charge in [0.15, 0.2) is 0 Å². The minimum Gasteiger partial charge on any atom is -0.374 e. The third kappa shape index (κ3) is 7.28. The van der Waals surface area contributed by atoms with Crippen LogP contribution < -0.4 is 0 Å². The molecule has 0 aromatic heterocycles. The maximum atomic E-state index is 11.6. The van der Waals surface area contributed by atoms with E-state index in [1.165, 1.54) is 10.6 Å². The third-order valence-corrected chi connectivity index (χ3v) is 4.75. The molecule has 1 atom stereocenters. The first-order chi connectivity index (χ1) is 8.50. The van der Waals surface area contributed by atoms with E-state index in [2.05, 4.69) is 20.8 Å². The molecular weight excluding hydrogens is 262 g/mol. The van der Waals surface area contributed by atoms with E-state index in [9.17, 15) is 8.42 Å². The van der Waals surface area contributed by atoms with Crippen molar-refractivity contribution in [3.8, 4) is 0 Å². The van der Waals surface area contributed by atoms with Gasteiger partial charge < -0.3 is 4.74 Å². The zero-order valence-corrected chi connectivity index (χ0v) is 14.4. The van der Waals surface area contributed by atoms with E-state index in [4.69, 9.17) is 4.74 Å². The summed E-state index contributed by atoms with van der Waals surface area (Å²) in [4.78, 5) is 0. The smallest absolute Gasteiger partial charge is 0.211 e. The van der Waals surface area contributed by atoms with E-state index in [1.807, 2.05) is 13.8 Å².